The van der Waals surface area contributed by atoms with E-state index in [0.29, 0.717) is 16.1 Å². The first kappa shape index (κ1) is 18.5. The molecule has 6 nitrogen and oxygen atoms in total. The molecule has 1 saturated heterocycles. The van der Waals surface area contributed by atoms with Crippen LogP contribution in [0.4, 0.5) is 0 Å². The highest BCUT2D eigenvalue weighted by Crippen LogP contribution is 2.23. The normalized spacial score (nSPS) is 16.8. The smallest absolute Gasteiger partial charge is 0.317 e. The monoisotopic (exact) mass is 384 g/mol. The third-order valence-corrected chi connectivity index (χ3v) is 5.21. The fourth-order valence-corrected chi connectivity index (χ4v) is 4.02. The summed E-state index contributed by atoms with van der Waals surface area (Å²) in [6.45, 7) is 5.52. The van der Waals surface area contributed by atoms with Crippen LogP contribution in [0.15, 0.2) is 18.5 Å². The van der Waals surface area contributed by atoms with Gasteiger partial charge >= 0.3 is 5.97 Å². The van der Waals surface area contributed by atoms with Gasteiger partial charge in [-0.1, -0.05) is 30.1 Å². The average molecular weight is 385 g/mol. The van der Waals surface area contributed by atoms with E-state index in [4.69, 9.17) is 28.3 Å². The first-order chi connectivity index (χ1) is 12.0. The molecule has 2 aromatic heterocycles. The van der Waals surface area contributed by atoms with Gasteiger partial charge in [-0.25, -0.2) is 4.98 Å². The fourth-order valence-electron chi connectivity index (χ4n) is 3.50. The van der Waals surface area contributed by atoms with Crippen molar-refractivity contribution in [2.24, 2.45) is 0 Å². The fraction of sp³-hybridized carbons (Fsp3) is 0.529. The SMILES string of the molecule is CCN(CC(=O)O)C1CCN(Cc2cn3cc(Cl)cc(Cl)c3n2)CC1. The van der Waals surface area contributed by atoms with Crippen molar-refractivity contribution in [3.05, 3.63) is 34.2 Å². The zero-order chi connectivity index (χ0) is 18.0. The minimum absolute atomic E-state index is 0.118. The van der Waals surface area contributed by atoms with Crippen LogP contribution in [0, 0.1) is 0 Å². The van der Waals surface area contributed by atoms with E-state index in [1.807, 2.05) is 22.4 Å². The quantitative estimate of drug-likeness (QED) is 0.829. The van der Waals surface area contributed by atoms with Gasteiger partial charge in [-0.2, -0.15) is 0 Å². The van der Waals surface area contributed by atoms with E-state index < -0.39 is 5.97 Å². The molecule has 1 aliphatic rings. The molecule has 3 heterocycles. The number of piperidine rings is 1. The third-order valence-electron chi connectivity index (χ3n) is 4.73. The first-order valence-corrected chi connectivity index (χ1v) is 9.22. The van der Waals surface area contributed by atoms with Crippen molar-refractivity contribution < 1.29 is 9.90 Å². The molecule has 0 spiro atoms. The van der Waals surface area contributed by atoms with Crippen LogP contribution in [0.1, 0.15) is 25.5 Å². The molecular formula is C17H22Cl2N4O2. The molecule has 25 heavy (non-hydrogen) atoms. The third kappa shape index (κ3) is 4.44. The molecule has 0 saturated carbocycles. The lowest BCUT2D eigenvalue weighted by molar-refractivity contribution is -0.139. The summed E-state index contributed by atoms with van der Waals surface area (Å²) >= 11 is 12.2. The molecule has 0 aliphatic carbocycles. The van der Waals surface area contributed by atoms with E-state index >= 15 is 0 Å². The summed E-state index contributed by atoms with van der Waals surface area (Å²) in [5.74, 6) is -0.760. The standard InChI is InChI=1S/C17H22Cl2N4O2/c1-2-22(11-16(24)25)14-3-5-21(6-4-14)9-13-10-23-8-12(18)7-15(19)17(23)20-13/h7-8,10,14H,2-6,9,11H2,1H3,(H,24,25). The second-order valence-corrected chi connectivity index (χ2v) is 7.28. The van der Waals surface area contributed by atoms with Gasteiger partial charge in [-0.3, -0.25) is 14.6 Å². The van der Waals surface area contributed by atoms with Crippen molar-refractivity contribution in [3.8, 4) is 0 Å². The maximum absolute atomic E-state index is 11.0. The lowest BCUT2D eigenvalue weighted by atomic mass is 10.0. The molecule has 1 fully saturated rings. The molecule has 1 aliphatic heterocycles. The number of hydrogen-bond acceptors (Lipinski definition) is 4. The van der Waals surface area contributed by atoms with Crippen LogP contribution in [0.2, 0.25) is 10.0 Å². The lowest BCUT2D eigenvalue weighted by Crippen LogP contribution is -2.46. The number of carboxylic acid groups (broad SMARTS) is 1. The Kier molecular flexibility index (Phi) is 5.84. The number of imidazole rings is 1. The van der Waals surface area contributed by atoms with Crippen LogP contribution in [-0.2, 0) is 11.3 Å². The second-order valence-electron chi connectivity index (χ2n) is 6.43. The number of carbonyl (C=O) groups is 1. The van der Waals surface area contributed by atoms with Crippen molar-refractivity contribution >= 4 is 34.8 Å². The Labute approximate surface area is 156 Å². The summed E-state index contributed by atoms with van der Waals surface area (Å²) in [7, 11) is 0. The predicted molar refractivity (Wildman–Crippen MR) is 98.4 cm³/mol. The second kappa shape index (κ2) is 7.91. The maximum Gasteiger partial charge on any atom is 0.317 e. The summed E-state index contributed by atoms with van der Waals surface area (Å²) in [6, 6.07) is 2.04. The number of fused-ring (bicyclic) bond motifs is 1. The van der Waals surface area contributed by atoms with Gasteiger partial charge in [0.25, 0.3) is 0 Å². The van der Waals surface area contributed by atoms with Gasteiger partial charge in [0.15, 0.2) is 5.65 Å². The summed E-state index contributed by atoms with van der Waals surface area (Å²) in [5, 5.41) is 10.2. The number of nitrogens with zero attached hydrogens (tertiary/aromatic N) is 4. The molecule has 0 bridgehead atoms. The van der Waals surface area contributed by atoms with Crippen molar-refractivity contribution in [1.29, 1.82) is 0 Å². The number of likely N-dealkylation sites (N-methyl/N-ethyl adjacent to an activating group) is 1. The average Bonchev–Trinajstić information content (AvgIpc) is 2.96. The Morgan fingerprint density at radius 3 is 2.72 bits per heavy atom. The van der Waals surface area contributed by atoms with Crippen LogP contribution in [0.5, 0.6) is 0 Å². The number of aromatic nitrogens is 2. The topological polar surface area (TPSA) is 61.1 Å². The number of hydrogen-bond donors (Lipinski definition) is 1. The van der Waals surface area contributed by atoms with E-state index in [1.54, 1.807) is 12.3 Å². The van der Waals surface area contributed by atoms with Gasteiger partial charge in [0.2, 0.25) is 0 Å². The molecule has 8 heteroatoms. The number of halogens is 2. The van der Waals surface area contributed by atoms with Crippen molar-refractivity contribution in [2.45, 2.75) is 32.4 Å². The maximum atomic E-state index is 11.0. The van der Waals surface area contributed by atoms with Gasteiger partial charge in [0, 0.05) is 38.1 Å². The molecule has 2 aromatic rings. The predicted octanol–water partition coefficient (Wildman–Crippen LogP) is 3.01. The molecule has 136 valence electrons. The molecule has 0 unspecified atom stereocenters. The highest BCUT2D eigenvalue weighted by molar-refractivity contribution is 6.36. The Bertz CT molecular complexity index is 756. The van der Waals surface area contributed by atoms with E-state index in [1.165, 1.54) is 0 Å². The number of rotatable bonds is 6. The number of likely N-dealkylation sites (tertiary alicyclic amines) is 1. The highest BCUT2D eigenvalue weighted by atomic mass is 35.5. The van der Waals surface area contributed by atoms with Gasteiger partial charge in [-0.15, -0.1) is 0 Å². The van der Waals surface area contributed by atoms with Crippen molar-refractivity contribution in [1.82, 2.24) is 19.2 Å². The number of carboxylic acids is 1. The Morgan fingerprint density at radius 2 is 2.08 bits per heavy atom. The molecule has 3 rings (SSSR count). The minimum atomic E-state index is -0.760. The Hall–Kier alpha value is -1.34. The molecule has 0 atom stereocenters. The van der Waals surface area contributed by atoms with Crippen LogP contribution in [0.25, 0.3) is 5.65 Å². The van der Waals surface area contributed by atoms with E-state index in [0.717, 1.165) is 50.4 Å². The molecule has 0 amide bonds. The van der Waals surface area contributed by atoms with Gasteiger partial charge in [0.05, 0.1) is 22.3 Å². The molecule has 0 aromatic carbocycles. The Morgan fingerprint density at radius 1 is 1.36 bits per heavy atom. The minimum Gasteiger partial charge on any atom is -0.480 e. The molecular weight excluding hydrogens is 363 g/mol. The number of pyridine rings is 1. The summed E-state index contributed by atoms with van der Waals surface area (Å²) in [5.41, 5.74) is 1.68. The van der Waals surface area contributed by atoms with Gasteiger partial charge in [0.1, 0.15) is 0 Å². The Balaban J connectivity index is 1.60. The summed E-state index contributed by atoms with van der Waals surface area (Å²) < 4.78 is 1.86. The molecule has 0 radical (unpaired) electrons. The largest absolute Gasteiger partial charge is 0.480 e. The number of aliphatic carboxylic acids is 1. The van der Waals surface area contributed by atoms with E-state index in [-0.39, 0.29) is 6.54 Å². The summed E-state index contributed by atoms with van der Waals surface area (Å²) in [4.78, 5) is 20.0. The zero-order valence-corrected chi connectivity index (χ0v) is 15.7. The van der Waals surface area contributed by atoms with Crippen molar-refractivity contribution in [3.63, 3.8) is 0 Å². The molecule has 1 N–H and O–H groups in total. The van der Waals surface area contributed by atoms with Crippen LogP contribution in [0.3, 0.4) is 0 Å². The summed E-state index contributed by atoms with van der Waals surface area (Å²) in [6.07, 6.45) is 5.71. The van der Waals surface area contributed by atoms with Gasteiger partial charge < -0.3 is 9.51 Å². The highest BCUT2D eigenvalue weighted by Gasteiger charge is 2.25. The van der Waals surface area contributed by atoms with E-state index in [9.17, 15) is 4.79 Å². The van der Waals surface area contributed by atoms with Crippen molar-refractivity contribution in [2.75, 3.05) is 26.2 Å². The first-order valence-electron chi connectivity index (χ1n) is 8.47. The zero-order valence-electron chi connectivity index (χ0n) is 14.2. The van der Waals surface area contributed by atoms with Crippen LogP contribution >= 0.6 is 23.2 Å². The van der Waals surface area contributed by atoms with Crippen LogP contribution in [-0.4, -0.2) is 62.5 Å². The van der Waals surface area contributed by atoms with E-state index in [2.05, 4.69) is 9.88 Å². The van der Waals surface area contributed by atoms with Gasteiger partial charge in [-0.05, 0) is 25.5 Å². The van der Waals surface area contributed by atoms with Crippen LogP contribution < -0.4 is 0 Å². The lowest BCUT2D eigenvalue weighted by Gasteiger charge is -2.37.